The number of carbonyl (C=O) groups is 1. The van der Waals surface area contributed by atoms with Gasteiger partial charge in [0, 0.05) is 5.56 Å². The topological polar surface area (TPSA) is 65.0 Å². The Kier molecular flexibility index (Phi) is 2.58. The molecular weight excluding hydrogens is 224 g/mol. The van der Waals surface area contributed by atoms with Crippen molar-refractivity contribution in [2.24, 2.45) is 0 Å². The van der Waals surface area contributed by atoms with Crippen LogP contribution in [0.2, 0.25) is 0 Å². The van der Waals surface area contributed by atoms with Crippen LogP contribution in [0.1, 0.15) is 11.9 Å². The molecule has 0 aromatic heterocycles. The molecule has 2 heterocycles. The monoisotopic (exact) mass is 236 g/mol. The van der Waals surface area contributed by atoms with E-state index in [4.69, 9.17) is 14.2 Å². The minimum Gasteiger partial charge on any atom is -0.455 e. The first-order valence-electron chi connectivity index (χ1n) is 5.46. The lowest BCUT2D eigenvalue weighted by Gasteiger charge is -2.31. The second-order valence-electron chi connectivity index (χ2n) is 4.10. The van der Waals surface area contributed by atoms with E-state index >= 15 is 0 Å². The van der Waals surface area contributed by atoms with Gasteiger partial charge in [-0.2, -0.15) is 0 Å². The molecule has 1 aromatic carbocycles. The van der Waals surface area contributed by atoms with Crippen LogP contribution in [0.5, 0.6) is 0 Å². The molecular formula is C12H12O5. The summed E-state index contributed by atoms with van der Waals surface area (Å²) in [4.78, 5) is 11.2. The molecule has 0 bridgehead atoms. The molecule has 2 unspecified atom stereocenters. The first kappa shape index (κ1) is 10.7. The lowest BCUT2D eigenvalue weighted by molar-refractivity contribution is -0.251. The molecule has 0 radical (unpaired) electrons. The lowest BCUT2D eigenvalue weighted by atomic mass is 10.1. The van der Waals surface area contributed by atoms with E-state index in [1.165, 1.54) is 0 Å². The van der Waals surface area contributed by atoms with Crippen molar-refractivity contribution in [2.45, 2.75) is 24.6 Å². The minimum atomic E-state index is -1.21. The summed E-state index contributed by atoms with van der Waals surface area (Å²) in [6.45, 7) is 0.243. The molecule has 1 N–H and O–H groups in total. The highest BCUT2D eigenvalue weighted by Gasteiger charge is 2.48. The highest BCUT2D eigenvalue weighted by Crippen LogP contribution is 2.32. The smallest absolute Gasteiger partial charge is 0.338 e. The SMILES string of the molecule is O=C1O[C@H]2COC(c3ccccc3)O[C@@H]2C1O. The summed E-state index contributed by atoms with van der Waals surface area (Å²) < 4.78 is 15.9. The van der Waals surface area contributed by atoms with Crippen LogP contribution in [0.4, 0.5) is 0 Å². The van der Waals surface area contributed by atoms with Gasteiger partial charge < -0.3 is 19.3 Å². The standard InChI is InChI=1S/C12H12O5/c13-9-10-8(16-11(9)14)6-15-12(17-10)7-4-2-1-3-5-7/h1-5,8-10,12-13H,6H2/t8-,9?,10-,12?/m0/s1. The third-order valence-corrected chi connectivity index (χ3v) is 2.95. The number of rotatable bonds is 1. The zero-order valence-corrected chi connectivity index (χ0v) is 8.98. The van der Waals surface area contributed by atoms with Crippen LogP contribution in [-0.4, -0.2) is 36.0 Å². The van der Waals surface area contributed by atoms with Gasteiger partial charge in [-0.3, -0.25) is 0 Å². The van der Waals surface area contributed by atoms with Crippen molar-refractivity contribution in [1.29, 1.82) is 0 Å². The van der Waals surface area contributed by atoms with E-state index in [2.05, 4.69) is 0 Å². The van der Waals surface area contributed by atoms with Crippen LogP contribution < -0.4 is 0 Å². The number of carbonyl (C=O) groups excluding carboxylic acids is 1. The maximum absolute atomic E-state index is 11.2. The summed E-state index contributed by atoms with van der Waals surface area (Å²) in [6, 6.07) is 9.39. The van der Waals surface area contributed by atoms with E-state index in [9.17, 15) is 9.90 Å². The number of benzene rings is 1. The highest BCUT2D eigenvalue weighted by atomic mass is 16.7. The molecule has 4 atom stereocenters. The number of esters is 1. The van der Waals surface area contributed by atoms with Crippen LogP contribution in [0.3, 0.4) is 0 Å². The quantitative estimate of drug-likeness (QED) is 0.714. The fourth-order valence-corrected chi connectivity index (χ4v) is 2.06. The Balaban J connectivity index is 1.78. The molecule has 90 valence electrons. The molecule has 2 saturated heterocycles. The highest BCUT2D eigenvalue weighted by molar-refractivity contribution is 5.77. The summed E-state index contributed by atoms with van der Waals surface area (Å²) in [5.74, 6) is -0.641. The van der Waals surface area contributed by atoms with Gasteiger partial charge in [0.2, 0.25) is 0 Å². The Morgan fingerprint density at radius 2 is 2.00 bits per heavy atom. The van der Waals surface area contributed by atoms with Crippen molar-refractivity contribution < 1.29 is 24.1 Å². The Bertz CT molecular complexity index is 418. The summed E-state index contributed by atoms with van der Waals surface area (Å²) >= 11 is 0. The van der Waals surface area contributed by atoms with E-state index in [1.807, 2.05) is 30.3 Å². The first-order chi connectivity index (χ1) is 8.25. The van der Waals surface area contributed by atoms with E-state index in [-0.39, 0.29) is 6.61 Å². The predicted octanol–water partition coefficient (Wildman–Crippen LogP) is 0.387. The van der Waals surface area contributed by atoms with Crippen LogP contribution in [0.25, 0.3) is 0 Å². The number of hydrogen-bond donors (Lipinski definition) is 1. The van der Waals surface area contributed by atoms with E-state index in [0.29, 0.717) is 0 Å². The third kappa shape index (κ3) is 1.82. The largest absolute Gasteiger partial charge is 0.455 e. The number of aliphatic hydroxyl groups excluding tert-OH is 1. The fourth-order valence-electron chi connectivity index (χ4n) is 2.06. The zero-order chi connectivity index (χ0) is 11.8. The number of hydrogen-bond acceptors (Lipinski definition) is 5. The molecule has 3 rings (SSSR count). The second-order valence-corrected chi connectivity index (χ2v) is 4.10. The van der Waals surface area contributed by atoms with Crippen molar-refractivity contribution in [3.8, 4) is 0 Å². The third-order valence-electron chi connectivity index (χ3n) is 2.95. The van der Waals surface area contributed by atoms with Gasteiger partial charge in [-0.05, 0) is 0 Å². The zero-order valence-electron chi connectivity index (χ0n) is 8.98. The molecule has 2 aliphatic heterocycles. The maximum atomic E-state index is 11.2. The Morgan fingerprint density at radius 1 is 1.24 bits per heavy atom. The fraction of sp³-hybridized carbons (Fsp3) is 0.417. The molecule has 0 spiro atoms. The summed E-state index contributed by atoms with van der Waals surface area (Å²) in [6.07, 6.45) is -2.91. The number of fused-ring (bicyclic) bond motifs is 1. The molecule has 17 heavy (non-hydrogen) atoms. The van der Waals surface area contributed by atoms with Crippen LogP contribution >= 0.6 is 0 Å². The Labute approximate surface area is 97.9 Å². The molecule has 0 saturated carbocycles. The number of ether oxygens (including phenoxy) is 3. The van der Waals surface area contributed by atoms with Crippen LogP contribution in [0.15, 0.2) is 30.3 Å². The Morgan fingerprint density at radius 3 is 2.76 bits per heavy atom. The summed E-state index contributed by atoms with van der Waals surface area (Å²) in [7, 11) is 0. The van der Waals surface area contributed by atoms with E-state index < -0.39 is 30.6 Å². The Hall–Kier alpha value is -1.43. The van der Waals surface area contributed by atoms with Gasteiger partial charge in [-0.25, -0.2) is 4.79 Å². The molecule has 2 aliphatic rings. The maximum Gasteiger partial charge on any atom is 0.338 e. The molecule has 0 amide bonds. The van der Waals surface area contributed by atoms with E-state index in [0.717, 1.165) is 5.56 Å². The van der Waals surface area contributed by atoms with Gasteiger partial charge >= 0.3 is 5.97 Å². The van der Waals surface area contributed by atoms with Crippen molar-refractivity contribution in [3.05, 3.63) is 35.9 Å². The second kappa shape index (κ2) is 4.10. The summed E-state index contributed by atoms with van der Waals surface area (Å²) in [5.41, 5.74) is 0.859. The predicted molar refractivity (Wildman–Crippen MR) is 55.9 cm³/mol. The van der Waals surface area contributed by atoms with Crippen molar-refractivity contribution >= 4 is 5.97 Å². The molecule has 0 aliphatic carbocycles. The average Bonchev–Trinajstić information content (AvgIpc) is 2.66. The normalized spacial score (nSPS) is 36.4. The minimum absolute atomic E-state index is 0.243. The van der Waals surface area contributed by atoms with Gasteiger partial charge in [0.15, 0.2) is 18.5 Å². The van der Waals surface area contributed by atoms with Crippen LogP contribution in [-0.2, 0) is 19.0 Å². The van der Waals surface area contributed by atoms with Gasteiger partial charge in [0.1, 0.15) is 6.10 Å². The van der Waals surface area contributed by atoms with Gasteiger partial charge in [0.05, 0.1) is 6.61 Å². The number of aliphatic hydroxyl groups is 1. The lowest BCUT2D eigenvalue weighted by Crippen LogP contribution is -2.42. The van der Waals surface area contributed by atoms with Gasteiger partial charge in [-0.1, -0.05) is 30.3 Å². The van der Waals surface area contributed by atoms with Crippen molar-refractivity contribution in [3.63, 3.8) is 0 Å². The summed E-state index contributed by atoms with van der Waals surface area (Å²) in [5, 5.41) is 9.60. The molecule has 2 fully saturated rings. The molecule has 5 nitrogen and oxygen atoms in total. The molecule has 1 aromatic rings. The van der Waals surface area contributed by atoms with Crippen LogP contribution in [0, 0.1) is 0 Å². The van der Waals surface area contributed by atoms with Crippen molar-refractivity contribution in [1.82, 2.24) is 0 Å². The first-order valence-corrected chi connectivity index (χ1v) is 5.46. The molecule has 5 heteroatoms. The van der Waals surface area contributed by atoms with Gasteiger partial charge in [0.25, 0.3) is 0 Å². The van der Waals surface area contributed by atoms with E-state index in [1.54, 1.807) is 0 Å². The average molecular weight is 236 g/mol. The van der Waals surface area contributed by atoms with Crippen molar-refractivity contribution in [2.75, 3.05) is 6.61 Å². The van der Waals surface area contributed by atoms with Gasteiger partial charge in [-0.15, -0.1) is 0 Å².